The fourth-order valence-electron chi connectivity index (χ4n) is 3.55. The number of nitrogens with zero attached hydrogens (tertiary/aromatic N) is 1. The van der Waals surface area contributed by atoms with Crippen LogP contribution in [0.25, 0.3) is 0 Å². The molecule has 0 bridgehead atoms. The van der Waals surface area contributed by atoms with E-state index in [0.29, 0.717) is 25.5 Å². The number of carboxylic acids is 1. The van der Waals surface area contributed by atoms with E-state index in [2.05, 4.69) is 0 Å². The molecule has 1 saturated heterocycles. The van der Waals surface area contributed by atoms with Crippen molar-refractivity contribution in [2.45, 2.75) is 51.0 Å². The lowest BCUT2D eigenvalue weighted by Gasteiger charge is -2.50. The minimum absolute atomic E-state index is 0.0356. The SMILES string of the molecule is O=C(O)C1CCC2(CCC2)CN1S(=O)(=O)CCOCC1CC1. The minimum Gasteiger partial charge on any atom is -0.480 e. The molecule has 126 valence electrons. The van der Waals surface area contributed by atoms with Crippen molar-refractivity contribution in [3.05, 3.63) is 0 Å². The normalized spacial score (nSPS) is 28.5. The number of ether oxygens (including phenoxy) is 1. The summed E-state index contributed by atoms with van der Waals surface area (Å²) in [6.45, 7) is 1.16. The molecule has 3 fully saturated rings. The van der Waals surface area contributed by atoms with E-state index >= 15 is 0 Å². The van der Waals surface area contributed by atoms with Crippen LogP contribution >= 0.6 is 0 Å². The van der Waals surface area contributed by atoms with E-state index in [1.54, 1.807) is 0 Å². The summed E-state index contributed by atoms with van der Waals surface area (Å²) in [4.78, 5) is 11.4. The predicted octanol–water partition coefficient (Wildman–Crippen LogP) is 1.46. The van der Waals surface area contributed by atoms with Crippen molar-refractivity contribution in [2.75, 3.05) is 25.5 Å². The molecule has 0 aromatic heterocycles. The van der Waals surface area contributed by atoms with Crippen molar-refractivity contribution in [1.82, 2.24) is 4.31 Å². The zero-order valence-electron chi connectivity index (χ0n) is 12.9. The maximum atomic E-state index is 12.6. The molecule has 22 heavy (non-hydrogen) atoms. The highest BCUT2D eigenvalue weighted by molar-refractivity contribution is 7.89. The molecule has 3 aliphatic rings. The fourth-order valence-corrected chi connectivity index (χ4v) is 5.16. The van der Waals surface area contributed by atoms with Crippen LogP contribution in [0.2, 0.25) is 0 Å². The van der Waals surface area contributed by atoms with Gasteiger partial charge in [0.25, 0.3) is 0 Å². The number of sulfonamides is 1. The van der Waals surface area contributed by atoms with Crippen LogP contribution in [0.15, 0.2) is 0 Å². The van der Waals surface area contributed by atoms with Crippen LogP contribution in [0.1, 0.15) is 44.9 Å². The van der Waals surface area contributed by atoms with E-state index in [4.69, 9.17) is 4.74 Å². The Morgan fingerprint density at radius 3 is 2.50 bits per heavy atom. The van der Waals surface area contributed by atoms with E-state index in [0.717, 1.165) is 25.7 Å². The van der Waals surface area contributed by atoms with Gasteiger partial charge in [0.05, 0.1) is 12.4 Å². The summed E-state index contributed by atoms with van der Waals surface area (Å²) in [6.07, 6.45) is 6.75. The number of carboxylic acid groups (broad SMARTS) is 1. The van der Waals surface area contributed by atoms with Gasteiger partial charge in [-0.3, -0.25) is 4.79 Å². The second-order valence-electron chi connectivity index (χ2n) is 7.13. The maximum Gasteiger partial charge on any atom is 0.322 e. The van der Waals surface area contributed by atoms with E-state index in [9.17, 15) is 18.3 Å². The number of carbonyl (C=O) groups is 1. The summed E-state index contributed by atoms with van der Waals surface area (Å²) < 4.78 is 31.8. The third kappa shape index (κ3) is 3.46. The minimum atomic E-state index is -3.57. The summed E-state index contributed by atoms with van der Waals surface area (Å²) in [5.41, 5.74) is 0.0356. The monoisotopic (exact) mass is 331 g/mol. The molecule has 0 aromatic carbocycles. The molecule has 1 spiro atoms. The largest absolute Gasteiger partial charge is 0.480 e. The highest BCUT2D eigenvalue weighted by Crippen LogP contribution is 2.49. The first kappa shape index (κ1) is 16.2. The predicted molar refractivity (Wildman–Crippen MR) is 81.0 cm³/mol. The van der Waals surface area contributed by atoms with Crippen molar-refractivity contribution >= 4 is 16.0 Å². The summed E-state index contributed by atoms with van der Waals surface area (Å²) >= 11 is 0. The molecule has 2 aliphatic carbocycles. The molecular weight excluding hydrogens is 306 g/mol. The first-order valence-corrected chi connectivity index (χ1v) is 9.83. The van der Waals surface area contributed by atoms with Gasteiger partial charge in [0.15, 0.2) is 0 Å². The molecule has 3 rings (SSSR count). The highest BCUT2D eigenvalue weighted by Gasteiger charge is 2.49. The molecule has 1 atom stereocenters. The van der Waals surface area contributed by atoms with Crippen molar-refractivity contribution < 1.29 is 23.1 Å². The Bertz CT molecular complexity index is 524. The lowest BCUT2D eigenvalue weighted by Crippen LogP contribution is -2.56. The van der Waals surface area contributed by atoms with Crippen LogP contribution in [0, 0.1) is 11.3 Å². The van der Waals surface area contributed by atoms with Gasteiger partial charge in [-0.25, -0.2) is 8.42 Å². The molecule has 0 amide bonds. The number of hydrogen-bond acceptors (Lipinski definition) is 4. The fraction of sp³-hybridized carbons (Fsp3) is 0.933. The number of hydrogen-bond donors (Lipinski definition) is 1. The van der Waals surface area contributed by atoms with Gasteiger partial charge in [0.1, 0.15) is 6.04 Å². The van der Waals surface area contributed by atoms with Gasteiger partial charge in [-0.15, -0.1) is 0 Å². The Morgan fingerprint density at radius 2 is 1.95 bits per heavy atom. The first-order valence-electron chi connectivity index (χ1n) is 8.22. The van der Waals surface area contributed by atoms with Crippen LogP contribution in [0.5, 0.6) is 0 Å². The molecule has 7 heteroatoms. The van der Waals surface area contributed by atoms with Gasteiger partial charge < -0.3 is 9.84 Å². The van der Waals surface area contributed by atoms with E-state index in [1.807, 2.05) is 0 Å². The summed E-state index contributed by atoms with van der Waals surface area (Å²) in [5.74, 6) is -0.543. The van der Waals surface area contributed by atoms with Crippen molar-refractivity contribution in [3.63, 3.8) is 0 Å². The first-order chi connectivity index (χ1) is 10.4. The van der Waals surface area contributed by atoms with Crippen LogP contribution in [0.4, 0.5) is 0 Å². The zero-order chi connectivity index (χ0) is 15.8. The molecule has 1 N–H and O–H groups in total. The van der Waals surface area contributed by atoms with Gasteiger partial charge in [0.2, 0.25) is 10.0 Å². The van der Waals surface area contributed by atoms with Crippen LogP contribution in [-0.2, 0) is 19.6 Å². The summed E-state index contributed by atoms with van der Waals surface area (Å²) in [7, 11) is -3.57. The van der Waals surface area contributed by atoms with E-state index in [1.165, 1.54) is 17.1 Å². The molecule has 0 radical (unpaired) electrons. The van der Waals surface area contributed by atoms with Crippen molar-refractivity contribution in [3.8, 4) is 0 Å². The standard InChI is InChI=1S/C15H25NO5S/c17-14(18)13-4-7-15(5-1-6-15)11-16(13)22(19,20)9-8-21-10-12-2-3-12/h12-13H,1-11H2,(H,17,18). The van der Waals surface area contributed by atoms with Crippen LogP contribution in [-0.4, -0.2) is 55.4 Å². The second kappa shape index (κ2) is 6.09. The molecule has 2 saturated carbocycles. The lowest BCUT2D eigenvalue weighted by atomic mass is 9.64. The third-order valence-electron chi connectivity index (χ3n) is 5.38. The molecule has 0 aromatic rings. The van der Waals surface area contributed by atoms with Crippen LogP contribution < -0.4 is 0 Å². The van der Waals surface area contributed by atoms with Crippen molar-refractivity contribution in [1.29, 1.82) is 0 Å². The topological polar surface area (TPSA) is 83.9 Å². The molecule has 1 unspecified atom stereocenters. The Hall–Kier alpha value is -0.660. The number of aliphatic carboxylic acids is 1. The van der Waals surface area contributed by atoms with Gasteiger partial charge in [-0.05, 0) is 49.9 Å². The maximum absolute atomic E-state index is 12.6. The second-order valence-corrected chi connectivity index (χ2v) is 9.17. The van der Waals surface area contributed by atoms with Gasteiger partial charge in [-0.1, -0.05) is 6.42 Å². The average Bonchev–Trinajstić information content (AvgIpc) is 3.25. The Balaban J connectivity index is 1.62. The third-order valence-corrected chi connectivity index (χ3v) is 7.16. The smallest absolute Gasteiger partial charge is 0.322 e. The van der Waals surface area contributed by atoms with Gasteiger partial charge >= 0.3 is 5.97 Å². The zero-order valence-corrected chi connectivity index (χ0v) is 13.7. The van der Waals surface area contributed by atoms with Crippen LogP contribution in [0.3, 0.4) is 0 Å². The average molecular weight is 331 g/mol. The molecule has 1 aliphatic heterocycles. The number of piperidine rings is 1. The Morgan fingerprint density at radius 1 is 1.23 bits per heavy atom. The molecule has 1 heterocycles. The molecular formula is C15H25NO5S. The summed E-state index contributed by atoms with van der Waals surface area (Å²) in [6, 6.07) is -0.903. The quantitative estimate of drug-likeness (QED) is 0.714. The van der Waals surface area contributed by atoms with E-state index in [-0.39, 0.29) is 17.8 Å². The van der Waals surface area contributed by atoms with Gasteiger partial charge in [-0.2, -0.15) is 4.31 Å². The molecule has 6 nitrogen and oxygen atoms in total. The van der Waals surface area contributed by atoms with Gasteiger partial charge in [0, 0.05) is 13.2 Å². The Labute approximate surface area is 131 Å². The lowest BCUT2D eigenvalue weighted by molar-refractivity contribution is -0.144. The van der Waals surface area contributed by atoms with E-state index < -0.39 is 22.0 Å². The Kier molecular flexibility index (Phi) is 4.49. The summed E-state index contributed by atoms with van der Waals surface area (Å²) in [5, 5.41) is 9.35. The van der Waals surface area contributed by atoms with Crippen molar-refractivity contribution in [2.24, 2.45) is 11.3 Å². The highest BCUT2D eigenvalue weighted by atomic mass is 32.2. The number of rotatable bonds is 7.